The molecule has 1 aliphatic heterocycles. The third-order valence-electron chi connectivity index (χ3n) is 2.69. The predicted octanol–water partition coefficient (Wildman–Crippen LogP) is 2.27. The Balaban J connectivity index is 1.84. The van der Waals surface area contributed by atoms with E-state index in [1.807, 2.05) is 0 Å². The first-order valence-corrected chi connectivity index (χ1v) is 5.18. The minimum Gasteiger partial charge on any atom is -0.472 e. The minimum absolute atomic E-state index is 0.216. The Morgan fingerprint density at radius 3 is 3.07 bits per heavy atom. The molecule has 2 heterocycles. The van der Waals surface area contributed by atoms with E-state index in [-0.39, 0.29) is 6.10 Å². The Kier molecular flexibility index (Phi) is 3.22. The molecule has 2 rings (SSSR count). The summed E-state index contributed by atoms with van der Waals surface area (Å²) in [4.78, 5) is 0. The number of aliphatic hydroxyl groups excluding tert-OH is 1. The van der Waals surface area contributed by atoms with Crippen LogP contribution in [0.15, 0.2) is 23.0 Å². The second-order valence-electron chi connectivity index (χ2n) is 3.80. The molecule has 14 heavy (non-hydrogen) atoms. The lowest BCUT2D eigenvalue weighted by Crippen LogP contribution is -2.21. The molecule has 1 aromatic rings. The fourth-order valence-corrected chi connectivity index (χ4v) is 1.84. The molecule has 3 heteroatoms. The van der Waals surface area contributed by atoms with Crippen molar-refractivity contribution in [2.24, 2.45) is 0 Å². The third-order valence-corrected chi connectivity index (χ3v) is 2.69. The molecule has 2 atom stereocenters. The molecule has 0 bridgehead atoms. The van der Waals surface area contributed by atoms with Crippen LogP contribution < -0.4 is 0 Å². The number of hydrogen-bond acceptors (Lipinski definition) is 3. The fourth-order valence-electron chi connectivity index (χ4n) is 1.84. The van der Waals surface area contributed by atoms with Crippen LogP contribution in [0.2, 0.25) is 0 Å². The van der Waals surface area contributed by atoms with Gasteiger partial charge in [-0.05, 0) is 25.3 Å². The summed E-state index contributed by atoms with van der Waals surface area (Å²) < 4.78 is 10.5. The van der Waals surface area contributed by atoms with Gasteiger partial charge in [0.2, 0.25) is 0 Å². The van der Waals surface area contributed by atoms with Gasteiger partial charge >= 0.3 is 0 Å². The van der Waals surface area contributed by atoms with Crippen molar-refractivity contribution < 1.29 is 14.3 Å². The maximum absolute atomic E-state index is 9.82. The summed E-state index contributed by atoms with van der Waals surface area (Å²) in [6, 6.07) is 1.80. The molecule has 0 radical (unpaired) electrons. The molecule has 1 saturated heterocycles. The van der Waals surface area contributed by atoms with E-state index in [2.05, 4.69) is 0 Å². The second kappa shape index (κ2) is 4.62. The fraction of sp³-hybridized carbons (Fsp3) is 0.636. The van der Waals surface area contributed by atoms with Crippen LogP contribution in [0.1, 0.15) is 37.4 Å². The first kappa shape index (κ1) is 9.74. The topological polar surface area (TPSA) is 42.6 Å². The van der Waals surface area contributed by atoms with Gasteiger partial charge < -0.3 is 14.3 Å². The van der Waals surface area contributed by atoms with E-state index < -0.39 is 6.10 Å². The summed E-state index contributed by atoms with van der Waals surface area (Å²) in [6.45, 7) is 0.836. The van der Waals surface area contributed by atoms with Crippen molar-refractivity contribution in [3.8, 4) is 0 Å². The lowest BCUT2D eigenvalue weighted by Gasteiger charge is -2.24. The van der Waals surface area contributed by atoms with Crippen molar-refractivity contribution in [3.63, 3.8) is 0 Å². The quantitative estimate of drug-likeness (QED) is 0.806. The molecule has 78 valence electrons. The second-order valence-corrected chi connectivity index (χ2v) is 3.80. The van der Waals surface area contributed by atoms with E-state index in [9.17, 15) is 5.11 Å². The van der Waals surface area contributed by atoms with E-state index in [4.69, 9.17) is 9.15 Å². The zero-order valence-electron chi connectivity index (χ0n) is 8.19. The van der Waals surface area contributed by atoms with E-state index in [0.29, 0.717) is 6.42 Å². The molecule has 1 N–H and O–H groups in total. The SMILES string of the molecule is OC(CC1CCCCO1)c1ccoc1. The smallest absolute Gasteiger partial charge is 0.0960 e. The van der Waals surface area contributed by atoms with E-state index in [0.717, 1.165) is 25.0 Å². The Morgan fingerprint density at radius 2 is 2.43 bits per heavy atom. The molecular weight excluding hydrogens is 180 g/mol. The molecule has 1 fully saturated rings. The Bertz CT molecular complexity index is 250. The van der Waals surface area contributed by atoms with Crippen molar-refractivity contribution in [3.05, 3.63) is 24.2 Å². The van der Waals surface area contributed by atoms with E-state index in [1.165, 1.54) is 6.42 Å². The molecular formula is C11H16O3. The Hall–Kier alpha value is -0.800. The standard InChI is InChI=1S/C11H16O3/c12-11(9-4-6-13-8-9)7-10-3-1-2-5-14-10/h4,6,8,10-12H,1-3,5,7H2. The molecule has 0 saturated carbocycles. The van der Waals surface area contributed by atoms with Crippen molar-refractivity contribution in [2.45, 2.75) is 37.9 Å². The van der Waals surface area contributed by atoms with Crippen LogP contribution in [0, 0.1) is 0 Å². The first-order chi connectivity index (χ1) is 6.86. The van der Waals surface area contributed by atoms with Gasteiger partial charge in [-0.25, -0.2) is 0 Å². The molecule has 0 aromatic carbocycles. The van der Waals surface area contributed by atoms with Gasteiger partial charge in [0.15, 0.2) is 0 Å². The number of ether oxygens (including phenoxy) is 1. The Morgan fingerprint density at radius 1 is 1.50 bits per heavy atom. The number of aliphatic hydroxyl groups is 1. The highest BCUT2D eigenvalue weighted by Crippen LogP contribution is 2.24. The third kappa shape index (κ3) is 2.36. The molecule has 0 aliphatic carbocycles. The van der Waals surface area contributed by atoms with Crippen LogP contribution >= 0.6 is 0 Å². The number of hydrogen-bond donors (Lipinski definition) is 1. The maximum Gasteiger partial charge on any atom is 0.0960 e. The van der Waals surface area contributed by atoms with Crippen LogP contribution in [0.5, 0.6) is 0 Å². The van der Waals surface area contributed by atoms with Gasteiger partial charge in [0.25, 0.3) is 0 Å². The molecule has 3 nitrogen and oxygen atoms in total. The highest BCUT2D eigenvalue weighted by Gasteiger charge is 2.19. The number of furan rings is 1. The zero-order chi connectivity index (χ0) is 9.80. The van der Waals surface area contributed by atoms with Crippen LogP contribution in [-0.2, 0) is 4.74 Å². The normalized spacial score (nSPS) is 24.8. The van der Waals surface area contributed by atoms with Crippen LogP contribution in [0.25, 0.3) is 0 Å². The summed E-state index contributed by atoms with van der Waals surface area (Å²) >= 11 is 0. The molecule has 0 spiro atoms. The van der Waals surface area contributed by atoms with Crippen LogP contribution in [-0.4, -0.2) is 17.8 Å². The van der Waals surface area contributed by atoms with Crippen molar-refractivity contribution in [1.82, 2.24) is 0 Å². The van der Waals surface area contributed by atoms with Gasteiger partial charge in [-0.1, -0.05) is 0 Å². The zero-order valence-corrected chi connectivity index (χ0v) is 8.19. The average molecular weight is 196 g/mol. The highest BCUT2D eigenvalue weighted by atomic mass is 16.5. The van der Waals surface area contributed by atoms with Gasteiger partial charge in [-0.15, -0.1) is 0 Å². The van der Waals surface area contributed by atoms with Gasteiger partial charge in [-0.3, -0.25) is 0 Å². The van der Waals surface area contributed by atoms with Gasteiger partial charge in [0.05, 0.1) is 24.7 Å². The van der Waals surface area contributed by atoms with Crippen molar-refractivity contribution >= 4 is 0 Å². The summed E-state index contributed by atoms with van der Waals surface area (Å²) in [6.07, 6.45) is 7.05. The van der Waals surface area contributed by atoms with E-state index >= 15 is 0 Å². The molecule has 0 amide bonds. The molecule has 1 aliphatic rings. The van der Waals surface area contributed by atoms with Crippen LogP contribution in [0.4, 0.5) is 0 Å². The predicted molar refractivity (Wildman–Crippen MR) is 51.9 cm³/mol. The summed E-state index contributed by atoms with van der Waals surface area (Å²) in [5, 5.41) is 9.82. The lowest BCUT2D eigenvalue weighted by molar-refractivity contribution is -0.0156. The Labute approximate surface area is 83.7 Å². The maximum atomic E-state index is 9.82. The van der Waals surface area contributed by atoms with E-state index in [1.54, 1.807) is 18.6 Å². The van der Waals surface area contributed by atoms with Gasteiger partial charge in [0.1, 0.15) is 0 Å². The molecule has 2 unspecified atom stereocenters. The van der Waals surface area contributed by atoms with Crippen molar-refractivity contribution in [2.75, 3.05) is 6.61 Å². The average Bonchev–Trinajstić information content (AvgIpc) is 2.72. The largest absolute Gasteiger partial charge is 0.472 e. The summed E-state index contributed by atoms with van der Waals surface area (Å²) in [5.74, 6) is 0. The minimum atomic E-state index is -0.447. The van der Waals surface area contributed by atoms with Crippen LogP contribution in [0.3, 0.4) is 0 Å². The first-order valence-electron chi connectivity index (χ1n) is 5.18. The highest BCUT2D eigenvalue weighted by molar-refractivity contribution is 5.09. The number of rotatable bonds is 3. The summed E-state index contributed by atoms with van der Waals surface area (Å²) in [5.41, 5.74) is 0.846. The monoisotopic (exact) mass is 196 g/mol. The van der Waals surface area contributed by atoms with Gasteiger partial charge in [-0.2, -0.15) is 0 Å². The lowest BCUT2D eigenvalue weighted by atomic mass is 10.0. The molecule has 1 aromatic heterocycles. The summed E-state index contributed by atoms with van der Waals surface area (Å²) in [7, 11) is 0. The van der Waals surface area contributed by atoms with Gasteiger partial charge in [0, 0.05) is 18.6 Å². The van der Waals surface area contributed by atoms with Crippen molar-refractivity contribution in [1.29, 1.82) is 0 Å².